The first-order chi connectivity index (χ1) is 11.7. The molecule has 1 aliphatic rings. The summed E-state index contributed by atoms with van der Waals surface area (Å²) in [5.41, 5.74) is 3.68. The average molecular weight is 325 g/mol. The number of carbonyl (C=O) groups is 1. The smallest absolute Gasteiger partial charge is 0.410 e. The molecule has 0 aliphatic carbocycles. The van der Waals surface area contributed by atoms with E-state index in [4.69, 9.17) is 4.74 Å². The van der Waals surface area contributed by atoms with Gasteiger partial charge in [0, 0.05) is 23.8 Å². The number of aromatic amines is 1. The molecule has 3 aromatic rings. The van der Waals surface area contributed by atoms with E-state index < -0.39 is 6.09 Å². The fourth-order valence-corrected chi connectivity index (χ4v) is 3.42. The summed E-state index contributed by atoms with van der Waals surface area (Å²) in [7, 11) is 1.37. The minimum Gasteiger partial charge on any atom is -0.453 e. The lowest BCUT2D eigenvalue weighted by atomic mass is 9.93. The van der Waals surface area contributed by atoms with Gasteiger partial charge in [-0.3, -0.25) is 4.90 Å². The fraction of sp³-hybridized carbons (Fsp3) is 0.222. The number of amides is 1. The highest BCUT2D eigenvalue weighted by atomic mass is 19.1. The van der Waals surface area contributed by atoms with Crippen LogP contribution in [0.25, 0.3) is 11.0 Å². The number of rotatable bonds is 1. The molecule has 1 amide bonds. The van der Waals surface area contributed by atoms with Gasteiger partial charge in [0.15, 0.2) is 0 Å². The largest absolute Gasteiger partial charge is 0.453 e. The highest BCUT2D eigenvalue weighted by molar-refractivity contribution is 5.83. The van der Waals surface area contributed by atoms with Crippen LogP contribution in [0.4, 0.5) is 9.18 Å². The number of hydrogen-bond donors (Lipinski definition) is 1. The summed E-state index contributed by atoms with van der Waals surface area (Å²) in [4.78, 5) is 21.6. The van der Waals surface area contributed by atoms with Crippen molar-refractivity contribution in [2.45, 2.75) is 12.5 Å². The zero-order valence-corrected chi connectivity index (χ0v) is 13.1. The summed E-state index contributed by atoms with van der Waals surface area (Å²) in [5.74, 6) is -0.308. The Labute approximate surface area is 138 Å². The predicted octanol–water partition coefficient (Wildman–Crippen LogP) is 3.42. The topological polar surface area (TPSA) is 58.2 Å². The lowest BCUT2D eigenvalue weighted by molar-refractivity contribution is 0.108. The first-order valence-electron chi connectivity index (χ1n) is 7.74. The van der Waals surface area contributed by atoms with Crippen LogP contribution in [-0.4, -0.2) is 34.6 Å². The molecule has 1 unspecified atom stereocenters. The number of methoxy groups -OCH3 is 1. The molecule has 5 nitrogen and oxygen atoms in total. The summed E-state index contributed by atoms with van der Waals surface area (Å²) < 4.78 is 18.3. The molecule has 0 spiro atoms. The maximum Gasteiger partial charge on any atom is 0.410 e. The quantitative estimate of drug-likeness (QED) is 0.746. The molecule has 1 atom stereocenters. The van der Waals surface area contributed by atoms with Crippen molar-refractivity contribution in [3.8, 4) is 0 Å². The number of H-pyrrole nitrogens is 1. The second-order valence-electron chi connectivity index (χ2n) is 5.78. The van der Waals surface area contributed by atoms with Gasteiger partial charge in [-0.15, -0.1) is 0 Å². The number of pyridine rings is 1. The van der Waals surface area contributed by atoms with Crippen molar-refractivity contribution in [2.75, 3.05) is 13.7 Å². The van der Waals surface area contributed by atoms with Crippen LogP contribution < -0.4 is 0 Å². The third kappa shape index (κ3) is 2.22. The Kier molecular flexibility index (Phi) is 3.45. The lowest BCUT2D eigenvalue weighted by Crippen LogP contribution is -2.40. The zero-order valence-electron chi connectivity index (χ0n) is 13.1. The third-order valence-electron chi connectivity index (χ3n) is 4.49. The summed E-state index contributed by atoms with van der Waals surface area (Å²) in [6.07, 6.45) is 2.05. The highest BCUT2D eigenvalue weighted by Crippen LogP contribution is 2.38. The van der Waals surface area contributed by atoms with E-state index in [9.17, 15) is 9.18 Å². The van der Waals surface area contributed by atoms with Crippen LogP contribution in [0.1, 0.15) is 22.9 Å². The molecule has 1 aliphatic heterocycles. The van der Waals surface area contributed by atoms with Crippen LogP contribution in [0.2, 0.25) is 0 Å². The third-order valence-corrected chi connectivity index (χ3v) is 4.49. The van der Waals surface area contributed by atoms with Gasteiger partial charge < -0.3 is 9.72 Å². The molecule has 122 valence electrons. The van der Waals surface area contributed by atoms with Crippen molar-refractivity contribution >= 4 is 17.1 Å². The number of fused-ring (bicyclic) bond motifs is 3. The van der Waals surface area contributed by atoms with Gasteiger partial charge in [0.1, 0.15) is 17.5 Å². The van der Waals surface area contributed by atoms with Crippen LogP contribution in [-0.2, 0) is 11.2 Å². The molecule has 1 aromatic carbocycles. The van der Waals surface area contributed by atoms with Crippen molar-refractivity contribution in [2.24, 2.45) is 0 Å². The summed E-state index contributed by atoms with van der Waals surface area (Å²) in [6.45, 7) is 0.531. The summed E-state index contributed by atoms with van der Waals surface area (Å²) >= 11 is 0. The van der Waals surface area contributed by atoms with E-state index in [0.29, 0.717) is 13.0 Å². The van der Waals surface area contributed by atoms with Crippen LogP contribution in [0.15, 0.2) is 42.6 Å². The Balaban J connectivity index is 1.90. The normalized spacial score (nSPS) is 16.9. The molecule has 24 heavy (non-hydrogen) atoms. The van der Waals surface area contributed by atoms with Crippen molar-refractivity contribution < 1.29 is 13.9 Å². The number of hydrogen-bond acceptors (Lipinski definition) is 3. The van der Waals surface area contributed by atoms with Gasteiger partial charge in [-0.2, -0.15) is 0 Å². The van der Waals surface area contributed by atoms with Gasteiger partial charge in [-0.05, 0) is 41.8 Å². The molecule has 4 rings (SSSR count). The Morgan fingerprint density at radius 3 is 2.88 bits per heavy atom. The molecular formula is C18H16FN3O2. The second-order valence-corrected chi connectivity index (χ2v) is 5.78. The number of halogens is 1. The van der Waals surface area contributed by atoms with Crippen LogP contribution in [0, 0.1) is 5.82 Å². The highest BCUT2D eigenvalue weighted by Gasteiger charge is 2.35. The molecule has 0 radical (unpaired) electrons. The van der Waals surface area contributed by atoms with Crippen molar-refractivity contribution in [3.63, 3.8) is 0 Å². The molecule has 0 fully saturated rings. The van der Waals surface area contributed by atoms with Gasteiger partial charge in [-0.1, -0.05) is 12.1 Å². The zero-order chi connectivity index (χ0) is 16.7. The maximum atomic E-state index is 13.3. The minimum absolute atomic E-state index is 0.308. The second kappa shape index (κ2) is 5.63. The predicted molar refractivity (Wildman–Crippen MR) is 87.2 cm³/mol. The number of benzene rings is 1. The number of aromatic nitrogens is 2. The molecule has 1 N–H and O–H groups in total. The SMILES string of the molecule is COC(=O)N1CCc2c([nH]c3ncccc23)C1c1ccc(F)cc1. The summed E-state index contributed by atoms with van der Waals surface area (Å²) in [5, 5.41) is 1.06. The van der Waals surface area contributed by atoms with E-state index in [-0.39, 0.29) is 11.9 Å². The van der Waals surface area contributed by atoms with E-state index in [1.54, 1.807) is 23.2 Å². The Morgan fingerprint density at radius 1 is 1.33 bits per heavy atom. The molecule has 2 aromatic heterocycles. The molecule has 6 heteroatoms. The van der Waals surface area contributed by atoms with Gasteiger partial charge in [0.25, 0.3) is 0 Å². The molecular weight excluding hydrogens is 309 g/mol. The Bertz CT molecular complexity index is 904. The average Bonchev–Trinajstić information content (AvgIpc) is 3.00. The van der Waals surface area contributed by atoms with Gasteiger partial charge in [-0.25, -0.2) is 14.2 Å². The Hall–Kier alpha value is -2.89. The number of carbonyl (C=O) groups excluding carboxylic acids is 1. The number of ether oxygens (including phenoxy) is 1. The van der Waals surface area contributed by atoms with Gasteiger partial charge >= 0.3 is 6.09 Å². The lowest BCUT2D eigenvalue weighted by Gasteiger charge is -2.35. The van der Waals surface area contributed by atoms with E-state index >= 15 is 0 Å². The van der Waals surface area contributed by atoms with E-state index in [1.165, 1.54) is 19.2 Å². The Morgan fingerprint density at radius 2 is 2.12 bits per heavy atom. The van der Waals surface area contributed by atoms with Crippen molar-refractivity contribution in [1.82, 2.24) is 14.9 Å². The van der Waals surface area contributed by atoms with Crippen molar-refractivity contribution in [1.29, 1.82) is 0 Å². The van der Waals surface area contributed by atoms with Crippen molar-refractivity contribution in [3.05, 3.63) is 65.2 Å². The number of nitrogens with zero attached hydrogens (tertiary/aromatic N) is 2. The first-order valence-corrected chi connectivity index (χ1v) is 7.74. The molecule has 0 bridgehead atoms. The first kappa shape index (κ1) is 14.7. The monoisotopic (exact) mass is 325 g/mol. The standard InChI is InChI=1S/C18H16FN3O2/c1-24-18(23)22-10-8-13-14-3-2-9-20-17(14)21-15(13)16(22)11-4-6-12(19)7-5-11/h2-7,9,16H,8,10H2,1H3,(H,20,21). The van der Waals surface area contributed by atoms with E-state index in [1.807, 2.05) is 12.1 Å². The van der Waals surface area contributed by atoms with Gasteiger partial charge in [0.05, 0.1) is 7.11 Å². The van der Waals surface area contributed by atoms with Crippen LogP contribution in [0.3, 0.4) is 0 Å². The minimum atomic E-state index is -0.401. The molecule has 3 heterocycles. The molecule has 0 saturated heterocycles. The number of nitrogens with one attached hydrogen (secondary N) is 1. The van der Waals surface area contributed by atoms with Gasteiger partial charge in [0.2, 0.25) is 0 Å². The molecule has 0 saturated carbocycles. The van der Waals surface area contributed by atoms with E-state index in [0.717, 1.165) is 27.9 Å². The van der Waals surface area contributed by atoms with Crippen LogP contribution >= 0.6 is 0 Å². The fourth-order valence-electron chi connectivity index (χ4n) is 3.42. The maximum absolute atomic E-state index is 13.3. The van der Waals surface area contributed by atoms with Crippen LogP contribution in [0.5, 0.6) is 0 Å². The van der Waals surface area contributed by atoms with E-state index in [2.05, 4.69) is 9.97 Å². The summed E-state index contributed by atoms with van der Waals surface area (Å²) in [6, 6.07) is 9.77.